The molecule has 1 aromatic carbocycles. The normalized spacial score (nSPS) is 12.2. The lowest BCUT2D eigenvalue weighted by atomic mass is 10.2. The summed E-state index contributed by atoms with van der Waals surface area (Å²) in [6.07, 6.45) is 1.07. The van der Waals surface area contributed by atoms with Crippen LogP contribution in [-0.2, 0) is 11.3 Å². The van der Waals surface area contributed by atoms with Crippen molar-refractivity contribution in [2.24, 2.45) is 10.9 Å². The van der Waals surface area contributed by atoms with Gasteiger partial charge in [0.05, 0.1) is 6.54 Å². The van der Waals surface area contributed by atoms with Crippen molar-refractivity contribution in [1.29, 1.82) is 0 Å². The van der Waals surface area contributed by atoms with Gasteiger partial charge in [-0.3, -0.25) is 9.69 Å². The van der Waals surface area contributed by atoms with Crippen molar-refractivity contribution < 1.29 is 4.79 Å². The van der Waals surface area contributed by atoms with Gasteiger partial charge in [0.1, 0.15) is 0 Å². The second-order valence-corrected chi connectivity index (χ2v) is 8.24. The molecule has 0 aromatic heterocycles. The van der Waals surface area contributed by atoms with E-state index in [-0.39, 0.29) is 11.8 Å². The summed E-state index contributed by atoms with van der Waals surface area (Å²) in [6.45, 7) is 18.2. The van der Waals surface area contributed by atoms with Gasteiger partial charge >= 0.3 is 0 Å². The third-order valence-electron chi connectivity index (χ3n) is 4.72. The number of nitrogens with one attached hydrogen (secondary N) is 3. The molecule has 0 bridgehead atoms. The first-order valence-electron chi connectivity index (χ1n) is 10.9. The second kappa shape index (κ2) is 13.2. The Kier molecular flexibility index (Phi) is 11.4. The van der Waals surface area contributed by atoms with Crippen molar-refractivity contribution in [2.45, 2.75) is 73.5 Å². The zero-order chi connectivity index (χ0) is 21.8. The monoisotopic (exact) mass is 403 g/mol. The molecule has 0 saturated carbocycles. The van der Waals surface area contributed by atoms with E-state index in [1.807, 2.05) is 38.1 Å². The molecule has 1 amide bonds. The lowest BCUT2D eigenvalue weighted by Crippen LogP contribution is -2.41. The Morgan fingerprint density at radius 2 is 1.62 bits per heavy atom. The van der Waals surface area contributed by atoms with Crippen LogP contribution in [0.4, 0.5) is 5.69 Å². The number of rotatable bonds is 11. The molecule has 0 radical (unpaired) electrons. The highest BCUT2D eigenvalue weighted by Crippen LogP contribution is 2.12. The fourth-order valence-electron chi connectivity index (χ4n) is 3.07. The van der Waals surface area contributed by atoms with E-state index in [9.17, 15) is 4.79 Å². The van der Waals surface area contributed by atoms with Gasteiger partial charge in [-0.15, -0.1) is 0 Å². The average molecular weight is 404 g/mol. The summed E-state index contributed by atoms with van der Waals surface area (Å²) in [5, 5.41) is 9.64. The molecule has 0 aliphatic carbocycles. The maximum absolute atomic E-state index is 11.8. The lowest BCUT2D eigenvalue weighted by molar-refractivity contribution is -0.118. The van der Waals surface area contributed by atoms with Gasteiger partial charge in [-0.2, -0.15) is 0 Å². The van der Waals surface area contributed by atoms with Crippen molar-refractivity contribution in [2.75, 3.05) is 25.0 Å². The van der Waals surface area contributed by atoms with E-state index in [4.69, 9.17) is 0 Å². The van der Waals surface area contributed by atoms with Gasteiger partial charge in [-0.05, 0) is 58.7 Å². The van der Waals surface area contributed by atoms with E-state index < -0.39 is 0 Å². The zero-order valence-corrected chi connectivity index (χ0v) is 19.4. The molecule has 0 heterocycles. The summed E-state index contributed by atoms with van der Waals surface area (Å²) in [4.78, 5) is 19.0. The molecule has 3 N–H and O–H groups in total. The molecule has 6 heteroatoms. The Balaban J connectivity index is 2.53. The number of hydrogen-bond donors (Lipinski definition) is 3. The molecule has 1 rings (SSSR count). The van der Waals surface area contributed by atoms with Crippen molar-refractivity contribution in [3.63, 3.8) is 0 Å². The summed E-state index contributed by atoms with van der Waals surface area (Å²) in [7, 11) is 0. The van der Waals surface area contributed by atoms with Crippen molar-refractivity contribution in [1.82, 2.24) is 15.5 Å². The highest BCUT2D eigenvalue weighted by molar-refractivity contribution is 5.92. The quantitative estimate of drug-likeness (QED) is 0.298. The average Bonchev–Trinajstić information content (AvgIpc) is 2.66. The third kappa shape index (κ3) is 9.79. The number of carbonyl (C=O) groups is 1. The van der Waals surface area contributed by atoms with E-state index in [1.165, 1.54) is 0 Å². The van der Waals surface area contributed by atoms with Crippen LogP contribution in [0.5, 0.6) is 0 Å². The number of amides is 1. The summed E-state index contributed by atoms with van der Waals surface area (Å²) in [5.74, 6) is 0.842. The molecule has 0 aliphatic heterocycles. The molecule has 0 saturated heterocycles. The molecule has 0 atom stereocenters. The Bertz CT molecular complexity index is 615. The molecule has 0 aliphatic rings. The van der Waals surface area contributed by atoms with E-state index in [0.29, 0.717) is 18.6 Å². The summed E-state index contributed by atoms with van der Waals surface area (Å²) >= 11 is 0. The lowest BCUT2D eigenvalue weighted by Gasteiger charge is -2.30. The first-order chi connectivity index (χ1) is 13.7. The minimum absolute atomic E-state index is 0.0267. The number of aliphatic imine (C=N–C) groups is 1. The van der Waals surface area contributed by atoms with Crippen molar-refractivity contribution in [3.05, 3.63) is 29.8 Å². The highest BCUT2D eigenvalue weighted by Gasteiger charge is 2.12. The number of benzene rings is 1. The standard InChI is InChI=1S/C23H41N5O/c1-8-24-23(25-14-9-15-28(18(4)5)19(6)7)26-16-20-10-12-21(13-11-20)27-22(29)17(2)3/h10-13,17-19H,8-9,14-16H2,1-7H3,(H,27,29)(H2,24,25,26). The number of nitrogens with zero attached hydrogens (tertiary/aromatic N) is 2. The smallest absolute Gasteiger partial charge is 0.226 e. The van der Waals surface area contributed by atoms with E-state index in [1.54, 1.807) is 0 Å². The Morgan fingerprint density at radius 1 is 1.00 bits per heavy atom. The number of anilines is 1. The SMILES string of the molecule is CCNC(=NCc1ccc(NC(=O)C(C)C)cc1)NCCCN(C(C)C)C(C)C. The molecule has 6 nitrogen and oxygen atoms in total. The van der Waals surface area contributed by atoms with Crippen LogP contribution in [0.1, 0.15) is 60.5 Å². The fourth-order valence-corrected chi connectivity index (χ4v) is 3.07. The van der Waals surface area contributed by atoms with Crippen molar-refractivity contribution in [3.8, 4) is 0 Å². The van der Waals surface area contributed by atoms with Gasteiger partial charge in [-0.1, -0.05) is 26.0 Å². The summed E-state index contributed by atoms with van der Waals surface area (Å²) < 4.78 is 0. The maximum Gasteiger partial charge on any atom is 0.226 e. The minimum Gasteiger partial charge on any atom is -0.357 e. The zero-order valence-electron chi connectivity index (χ0n) is 19.4. The molecule has 1 aromatic rings. The van der Waals surface area contributed by atoms with Crippen LogP contribution in [0.2, 0.25) is 0 Å². The van der Waals surface area contributed by atoms with Crippen LogP contribution in [0.3, 0.4) is 0 Å². The molecule has 29 heavy (non-hydrogen) atoms. The Hall–Kier alpha value is -2.08. The van der Waals surface area contributed by atoms with Gasteiger partial charge in [0.15, 0.2) is 5.96 Å². The largest absolute Gasteiger partial charge is 0.357 e. The van der Waals surface area contributed by atoms with Gasteiger partial charge in [0, 0.05) is 43.3 Å². The van der Waals surface area contributed by atoms with Gasteiger partial charge in [-0.25, -0.2) is 4.99 Å². The third-order valence-corrected chi connectivity index (χ3v) is 4.72. The predicted octanol–water partition coefficient (Wildman–Crippen LogP) is 3.85. The van der Waals surface area contributed by atoms with Crippen LogP contribution in [-0.4, -0.2) is 48.5 Å². The molecule has 0 unspecified atom stereocenters. The van der Waals surface area contributed by atoms with Crippen LogP contribution in [0.25, 0.3) is 0 Å². The maximum atomic E-state index is 11.8. The Morgan fingerprint density at radius 3 is 2.14 bits per heavy atom. The first kappa shape index (κ1) is 25.0. The Labute approximate surface area is 177 Å². The predicted molar refractivity (Wildman–Crippen MR) is 124 cm³/mol. The van der Waals surface area contributed by atoms with E-state index in [2.05, 4.69) is 60.5 Å². The van der Waals surface area contributed by atoms with Crippen LogP contribution in [0, 0.1) is 5.92 Å². The minimum atomic E-state index is -0.0267. The number of carbonyl (C=O) groups excluding carboxylic acids is 1. The van der Waals surface area contributed by atoms with Gasteiger partial charge in [0.25, 0.3) is 0 Å². The van der Waals surface area contributed by atoms with E-state index in [0.717, 1.165) is 43.3 Å². The molecule has 0 fully saturated rings. The van der Waals surface area contributed by atoms with Gasteiger partial charge < -0.3 is 16.0 Å². The topological polar surface area (TPSA) is 68.8 Å². The fraction of sp³-hybridized carbons (Fsp3) is 0.652. The molecular formula is C23H41N5O. The number of guanidine groups is 1. The molecule has 164 valence electrons. The van der Waals surface area contributed by atoms with Crippen LogP contribution in [0.15, 0.2) is 29.3 Å². The molecular weight excluding hydrogens is 362 g/mol. The van der Waals surface area contributed by atoms with Gasteiger partial charge in [0.2, 0.25) is 5.91 Å². The summed E-state index contributed by atoms with van der Waals surface area (Å²) in [5.41, 5.74) is 1.93. The first-order valence-corrected chi connectivity index (χ1v) is 10.9. The van der Waals surface area contributed by atoms with Crippen molar-refractivity contribution >= 4 is 17.6 Å². The van der Waals surface area contributed by atoms with Crippen LogP contribution >= 0.6 is 0 Å². The second-order valence-electron chi connectivity index (χ2n) is 8.24. The number of hydrogen-bond acceptors (Lipinski definition) is 3. The van der Waals surface area contributed by atoms with E-state index >= 15 is 0 Å². The summed E-state index contributed by atoms with van der Waals surface area (Å²) in [6, 6.07) is 8.99. The van der Waals surface area contributed by atoms with Crippen LogP contribution < -0.4 is 16.0 Å². The highest BCUT2D eigenvalue weighted by atomic mass is 16.1. The molecule has 0 spiro atoms.